The number of ether oxygens (including phenoxy) is 2. The first kappa shape index (κ1) is 10.3. The van der Waals surface area contributed by atoms with E-state index in [2.05, 4.69) is 0 Å². The Morgan fingerprint density at radius 3 is 2.92 bits per heavy atom. The molecule has 0 N–H and O–H groups in total. The molecule has 0 aromatic rings. The fourth-order valence-corrected chi connectivity index (χ4v) is 1.87. The van der Waals surface area contributed by atoms with Crippen molar-refractivity contribution in [1.29, 1.82) is 0 Å². The van der Waals surface area contributed by atoms with Gasteiger partial charge in [-0.05, 0) is 19.8 Å². The van der Waals surface area contributed by atoms with Gasteiger partial charge in [0, 0.05) is 26.2 Å². The van der Waals surface area contributed by atoms with Gasteiger partial charge >= 0.3 is 0 Å². The van der Waals surface area contributed by atoms with Crippen LogP contribution in [-0.4, -0.2) is 31.3 Å². The molecule has 0 aromatic carbocycles. The van der Waals surface area contributed by atoms with Crippen molar-refractivity contribution in [2.24, 2.45) is 0 Å². The SMILES string of the molecule is CCOCCC1(CCl)CCCO1. The summed E-state index contributed by atoms with van der Waals surface area (Å²) in [6.07, 6.45) is 3.16. The molecular weight excluding hydrogens is 176 g/mol. The molecular formula is C9H17ClO2. The second-order valence-electron chi connectivity index (χ2n) is 3.22. The van der Waals surface area contributed by atoms with Crippen LogP contribution in [0.4, 0.5) is 0 Å². The van der Waals surface area contributed by atoms with Crippen LogP contribution in [0.25, 0.3) is 0 Å². The van der Waals surface area contributed by atoms with E-state index in [0.717, 1.165) is 39.1 Å². The fraction of sp³-hybridized carbons (Fsp3) is 1.00. The Hall–Kier alpha value is 0.210. The monoisotopic (exact) mass is 192 g/mol. The van der Waals surface area contributed by atoms with E-state index >= 15 is 0 Å². The van der Waals surface area contributed by atoms with Crippen molar-refractivity contribution < 1.29 is 9.47 Å². The van der Waals surface area contributed by atoms with Crippen molar-refractivity contribution in [3.05, 3.63) is 0 Å². The molecule has 1 saturated heterocycles. The molecule has 0 aromatic heterocycles. The predicted molar refractivity (Wildman–Crippen MR) is 49.7 cm³/mol. The zero-order chi connectivity index (χ0) is 8.86. The van der Waals surface area contributed by atoms with Gasteiger partial charge in [-0.25, -0.2) is 0 Å². The highest BCUT2D eigenvalue weighted by Gasteiger charge is 2.33. The molecule has 0 aliphatic carbocycles. The summed E-state index contributed by atoms with van der Waals surface area (Å²) in [6, 6.07) is 0. The number of hydrogen-bond donors (Lipinski definition) is 0. The Kier molecular flexibility index (Phi) is 4.33. The Balaban J connectivity index is 2.24. The van der Waals surface area contributed by atoms with E-state index in [1.54, 1.807) is 0 Å². The van der Waals surface area contributed by atoms with E-state index in [1.165, 1.54) is 0 Å². The number of rotatable bonds is 5. The summed E-state index contributed by atoms with van der Waals surface area (Å²) in [5, 5.41) is 0. The van der Waals surface area contributed by atoms with Gasteiger partial charge in [-0.15, -0.1) is 11.6 Å². The first-order valence-corrected chi connectivity index (χ1v) is 5.14. The molecule has 1 heterocycles. The van der Waals surface area contributed by atoms with Crippen LogP contribution >= 0.6 is 11.6 Å². The smallest absolute Gasteiger partial charge is 0.0839 e. The molecule has 1 aliphatic rings. The van der Waals surface area contributed by atoms with Crippen molar-refractivity contribution in [3.63, 3.8) is 0 Å². The minimum absolute atomic E-state index is 0.0727. The molecule has 72 valence electrons. The van der Waals surface area contributed by atoms with Gasteiger partial charge in [0.05, 0.1) is 11.5 Å². The third kappa shape index (κ3) is 2.61. The Morgan fingerprint density at radius 1 is 1.58 bits per heavy atom. The van der Waals surface area contributed by atoms with Crippen molar-refractivity contribution >= 4 is 11.6 Å². The molecule has 1 aliphatic heterocycles. The van der Waals surface area contributed by atoms with Crippen LogP contribution in [0.5, 0.6) is 0 Å². The summed E-state index contributed by atoms with van der Waals surface area (Å²) in [6.45, 7) is 4.41. The van der Waals surface area contributed by atoms with Gasteiger partial charge in [-0.1, -0.05) is 0 Å². The molecule has 0 saturated carbocycles. The topological polar surface area (TPSA) is 18.5 Å². The van der Waals surface area contributed by atoms with Crippen LogP contribution in [0.1, 0.15) is 26.2 Å². The molecule has 1 unspecified atom stereocenters. The molecule has 3 heteroatoms. The van der Waals surface area contributed by atoms with Gasteiger partial charge in [0.1, 0.15) is 0 Å². The summed E-state index contributed by atoms with van der Waals surface area (Å²) < 4.78 is 10.9. The third-order valence-corrected chi connectivity index (χ3v) is 2.82. The van der Waals surface area contributed by atoms with Crippen molar-refractivity contribution in [3.8, 4) is 0 Å². The number of halogens is 1. The van der Waals surface area contributed by atoms with Crippen LogP contribution in [0.3, 0.4) is 0 Å². The molecule has 1 atom stereocenters. The van der Waals surface area contributed by atoms with Gasteiger partial charge in [0.15, 0.2) is 0 Å². The largest absolute Gasteiger partial charge is 0.382 e. The second kappa shape index (κ2) is 5.05. The predicted octanol–water partition coefficient (Wildman–Crippen LogP) is 2.20. The van der Waals surface area contributed by atoms with Gasteiger partial charge in [-0.2, -0.15) is 0 Å². The maximum absolute atomic E-state index is 5.86. The first-order valence-electron chi connectivity index (χ1n) is 4.61. The average molecular weight is 193 g/mol. The van der Waals surface area contributed by atoms with Crippen LogP contribution in [-0.2, 0) is 9.47 Å². The summed E-state index contributed by atoms with van der Waals surface area (Å²) in [5.41, 5.74) is -0.0727. The van der Waals surface area contributed by atoms with E-state index in [4.69, 9.17) is 21.1 Å². The lowest BCUT2D eigenvalue weighted by Crippen LogP contribution is -2.31. The van der Waals surface area contributed by atoms with Crippen molar-refractivity contribution in [2.75, 3.05) is 25.7 Å². The van der Waals surface area contributed by atoms with E-state index in [9.17, 15) is 0 Å². The fourth-order valence-electron chi connectivity index (χ4n) is 1.53. The average Bonchev–Trinajstić information content (AvgIpc) is 2.55. The third-order valence-electron chi connectivity index (χ3n) is 2.33. The summed E-state index contributed by atoms with van der Waals surface area (Å²) in [7, 11) is 0. The maximum Gasteiger partial charge on any atom is 0.0839 e. The minimum atomic E-state index is -0.0727. The van der Waals surface area contributed by atoms with Crippen LogP contribution in [0.15, 0.2) is 0 Å². The molecule has 0 radical (unpaired) electrons. The van der Waals surface area contributed by atoms with Gasteiger partial charge in [0.25, 0.3) is 0 Å². The standard InChI is InChI=1S/C9H17ClO2/c1-2-11-7-5-9(8-10)4-3-6-12-9/h2-8H2,1H3. The van der Waals surface area contributed by atoms with Crippen LogP contribution in [0, 0.1) is 0 Å². The zero-order valence-electron chi connectivity index (χ0n) is 7.64. The van der Waals surface area contributed by atoms with E-state index < -0.39 is 0 Å². The summed E-state index contributed by atoms with van der Waals surface area (Å²) >= 11 is 5.86. The number of alkyl halides is 1. The van der Waals surface area contributed by atoms with Crippen LogP contribution in [0.2, 0.25) is 0 Å². The Bertz CT molecular complexity index is 122. The van der Waals surface area contributed by atoms with Gasteiger partial charge in [0.2, 0.25) is 0 Å². The lowest BCUT2D eigenvalue weighted by Gasteiger charge is -2.25. The summed E-state index contributed by atoms with van der Waals surface area (Å²) in [4.78, 5) is 0. The highest BCUT2D eigenvalue weighted by atomic mass is 35.5. The lowest BCUT2D eigenvalue weighted by molar-refractivity contribution is -0.00686. The second-order valence-corrected chi connectivity index (χ2v) is 3.48. The maximum atomic E-state index is 5.86. The Morgan fingerprint density at radius 2 is 2.42 bits per heavy atom. The zero-order valence-corrected chi connectivity index (χ0v) is 8.40. The lowest BCUT2D eigenvalue weighted by atomic mass is 9.99. The van der Waals surface area contributed by atoms with Crippen LogP contribution < -0.4 is 0 Å². The molecule has 1 fully saturated rings. The normalized spacial score (nSPS) is 29.5. The molecule has 0 amide bonds. The Labute approximate surface area is 79.2 Å². The minimum Gasteiger partial charge on any atom is -0.382 e. The van der Waals surface area contributed by atoms with E-state index in [-0.39, 0.29) is 5.60 Å². The summed E-state index contributed by atoms with van der Waals surface area (Å²) in [5.74, 6) is 0.597. The molecule has 1 rings (SSSR count). The van der Waals surface area contributed by atoms with Gasteiger partial charge < -0.3 is 9.47 Å². The molecule has 0 spiro atoms. The molecule has 12 heavy (non-hydrogen) atoms. The van der Waals surface area contributed by atoms with Crippen molar-refractivity contribution in [1.82, 2.24) is 0 Å². The number of hydrogen-bond acceptors (Lipinski definition) is 2. The van der Waals surface area contributed by atoms with E-state index in [1.807, 2.05) is 6.92 Å². The highest BCUT2D eigenvalue weighted by molar-refractivity contribution is 6.18. The molecule has 2 nitrogen and oxygen atoms in total. The first-order chi connectivity index (χ1) is 5.83. The molecule has 0 bridgehead atoms. The van der Waals surface area contributed by atoms with Gasteiger partial charge in [-0.3, -0.25) is 0 Å². The quantitative estimate of drug-likeness (QED) is 0.491. The van der Waals surface area contributed by atoms with E-state index in [0.29, 0.717) is 5.88 Å². The van der Waals surface area contributed by atoms with Crippen molar-refractivity contribution in [2.45, 2.75) is 31.8 Å². The highest BCUT2D eigenvalue weighted by Crippen LogP contribution is 2.30.